The Balaban J connectivity index is 0.00000133. The van der Waals surface area contributed by atoms with E-state index < -0.39 is 0 Å². The number of aromatic nitrogens is 4. The number of nitrogens with zero attached hydrogens (tertiary/aromatic N) is 5. The van der Waals surface area contributed by atoms with Crippen LogP contribution in [0.25, 0.3) is 0 Å². The van der Waals surface area contributed by atoms with E-state index in [1.807, 2.05) is 7.05 Å². The number of tetrazole rings is 1. The van der Waals surface area contributed by atoms with E-state index in [1.54, 1.807) is 4.80 Å². The first-order valence-electron chi connectivity index (χ1n) is 6.97. The SMILES string of the molecule is Cl.Cn1nnc(CN2CCNCC23CCCCC3)n1. The molecule has 3 rings (SSSR count). The number of hydrogen-bond acceptors (Lipinski definition) is 5. The molecule has 1 spiro atoms. The molecule has 1 saturated heterocycles. The van der Waals surface area contributed by atoms with E-state index >= 15 is 0 Å². The minimum absolute atomic E-state index is 0. The van der Waals surface area contributed by atoms with Gasteiger partial charge in [-0.05, 0) is 18.1 Å². The Kier molecular flexibility index (Phi) is 4.76. The van der Waals surface area contributed by atoms with Gasteiger partial charge in [0.15, 0.2) is 5.82 Å². The molecule has 1 aliphatic carbocycles. The van der Waals surface area contributed by atoms with Crippen LogP contribution in [0.3, 0.4) is 0 Å². The zero-order valence-corrected chi connectivity index (χ0v) is 12.3. The number of piperazine rings is 1. The van der Waals surface area contributed by atoms with Crippen molar-refractivity contribution < 1.29 is 0 Å². The van der Waals surface area contributed by atoms with E-state index in [1.165, 1.54) is 32.1 Å². The summed E-state index contributed by atoms with van der Waals surface area (Å²) in [5, 5.41) is 15.9. The van der Waals surface area contributed by atoms with E-state index in [9.17, 15) is 0 Å². The fourth-order valence-electron chi connectivity index (χ4n) is 3.39. The van der Waals surface area contributed by atoms with Crippen LogP contribution in [0.15, 0.2) is 0 Å². The molecular formula is C12H23ClN6. The lowest BCUT2D eigenvalue weighted by molar-refractivity contribution is 0.0188. The van der Waals surface area contributed by atoms with E-state index in [2.05, 4.69) is 25.6 Å². The molecule has 0 atom stereocenters. The van der Waals surface area contributed by atoms with Gasteiger partial charge in [-0.2, -0.15) is 4.80 Å². The lowest BCUT2D eigenvalue weighted by atomic mass is 9.79. The van der Waals surface area contributed by atoms with Gasteiger partial charge in [-0.1, -0.05) is 19.3 Å². The Hall–Kier alpha value is -0.720. The molecule has 1 aromatic rings. The molecule has 2 fully saturated rings. The molecule has 0 unspecified atom stereocenters. The van der Waals surface area contributed by atoms with Crippen molar-refractivity contribution in [2.24, 2.45) is 7.05 Å². The summed E-state index contributed by atoms with van der Waals surface area (Å²) < 4.78 is 0. The summed E-state index contributed by atoms with van der Waals surface area (Å²) in [6.07, 6.45) is 6.71. The van der Waals surface area contributed by atoms with Crippen molar-refractivity contribution in [3.63, 3.8) is 0 Å². The maximum Gasteiger partial charge on any atom is 0.188 e. The molecule has 2 heterocycles. The molecule has 108 valence electrons. The quantitative estimate of drug-likeness (QED) is 0.869. The van der Waals surface area contributed by atoms with E-state index in [0.717, 1.165) is 32.0 Å². The van der Waals surface area contributed by atoms with Crippen molar-refractivity contribution in [1.82, 2.24) is 30.4 Å². The molecule has 0 aromatic carbocycles. The first-order chi connectivity index (χ1) is 8.78. The maximum atomic E-state index is 4.32. The molecule has 0 bridgehead atoms. The fourth-order valence-corrected chi connectivity index (χ4v) is 3.39. The van der Waals surface area contributed by atoms with Gasteiger partial charge in [0, 0.05) is 25.2 Å². The Bertz CT molecular complexity index is 392. The summed E-state index contributed by atoms with van der Waals surface area (Å²) in [6.45, 7) is 4.13. The summed E-state index contributed by atoms with van der Waals surface area (Å²) in [5.74, 6) is 0.851. The average Bonchev–Trinajstić information content (AvgIpc) is 2.79. The zero-order chi connectivity index (χ0) is 12.4. The van der Waals surface area contributed by atoms with Crippen molar-refractivity contribution in [3.05, 3.63) is 5.82 Å². The molecule has 0 amide bonds. The second kappa shape index (κ2) is 6.15. The lowest BCUT2D eigenvalue weighted by Gasteiger charge is -2.49. The lowest BCUT2D eigenvalue weighted by Crippen LogP contribution is -2.61. The van der Waals surface area contributed by atoms with Gasteiger partial charge in [0.1, 0.15) is 0 Å². The zero-order valence-electron chi connectivity index (χ0n) is 11.5. The number of rotatable bonds is 2. The fraction of sp³-hybridized carbons (Fsp3) is 0.917. The molecule has 7 heteroatoms. The van der Waals surface area contributed by atoms with Crippen LogP contribution in [0, 0.1) is 0 Å². The molecule has 1 aromatic heterocycles. The summed E-state index contributed by atoms with van der Waals surface area (Å²) in [6, 6.07) is 0. The highest BCUT2D eigenvalue weighted by Gasteiger charge is 2.39. The summed E-state index contributed by atoms with van der Waals surface area (Å²) >= 11 is 0. The minimum atomic E-state index is 0. The standard InChI is InChI=1S/C12H22N6.ClH/c1-17-15-11(14-16-17)9-18-8-7-13-10-12(18)5-3-2-4-6-12;/h13H,2-10H2,1H3;1H. The van der Waals surface area contributed by atoms with Crippen molar-refractivity contribution in [3.8, 4) is 0 Å². The summed E-state index contributed by atoms with van der Waals surface area (Å²) in [7, 11) is 1.82. The van der Waals surface area contributed by atoms with E-state index in [4.69, 9.17) is 0 Å². The van der Waals surface area contributed by atoms with Gasteiger partial charge in [0.05, 0.1) is 13.6 Å². The Morgan fingerprint density at radius 1 is 1.26 bits per heavy atom. The molecular weight excluding hydrogens is 264 g/mol. The Morgan fingerprint density at radius 2 is 2.05 bits per heavy atom. The first-order valence-corrected chi connectivity index (χ1v) is 6.97. The van der Waals surface area contributed by atoms with Crippen LogP contribution in [-0.2, 0) is 13.6 Å². The van der Waals surface area contributed by atoms with Gasteiger partial charge in [-0.25, -0.2) is 0 Å². The maximum absolute atomic E-state index is 4.32. The topological polar surface area (TPSA) is 58.9 Å². The summed E-state index contributed by atoms with van der Waals surface area (Å²) in [4.78, 5) is 4.13. The molecule has 6 nitrogen and oxygen atoms in total. The Labute approximate surface area is 120 Å². The van der Waals surface area contributed by atoms with Crippen LogP contribution < -0.4 is 5.32 Å². The van der Waals surface area contributed by atoms with Crippen LogP contribution in [0.2, 0.25) is 0 Å². The number of nitrogens with one attached hydrogen (secondary N) is 1. The first kappa shape index (κ1) is 14.7. The Morgan fingerprint density at radius 3 is 2.74 bits per heavy atom. The van der Waals surface area contributed by atoms with E-state index in [0.29, 0.717) is 5.54 Å². The number of aryl methyl sites for hydroxylation is 1. The molecule has 1 aliphatic heterocycles. The van der Waals surface area contributed by atoms with Crippen LogP contribution >= 0.6 is 12.4 Å². The van der Waals surface area contributed by atoms with Gasteiger partial charge in [0.25, 0.3) is 0 Å². The molecule has 19 heavy (non-hydrogen) atoms. The van der Waals surface area contributed by atoms with Gasteiger partial charge in [-0.15, -0.1) is 22.6 Å². The third-order valence-corrected chi connectivity index (χ3v) is 4.35. The second-order valence-corrected chi connectivity index (χ2v) is 5.58. The highest BCUT2D eigenvalue weighted by atomic mass is 35.5. The number of halogens is 1. The van der Waals surface area contributed by atoms with Gasteiger partial charge in [-0.3, -0.25) is 4.90 Å². The molecule has 1 N–H and O–H groups in total. The molecule has 2 aliphatic rings. The van der Waals surface area contributed by atoms with Gasteiger partial charge in [0.2, 0.25) is 0 Å². The average molecular weight is 287 g/mol. The van der Waals surface area contributed by atoms with Crippen molar-refractivity contribution in [1.29, 1.82) is 0 Å². The third-order valence-electron chi connectivity index (χ3n) is 4.35. The highest BCUT2D eigenvalue weighted by Crippen LogP contribution is 2.35. The predicted molar refractivity (Wildman–Crippen MR) is 75.1 cm³/mol. The van der Waals surface area contributed by atoms with Crippen molar-refractivity contribution >= 4 is 12.4 Å². The van der Waals surface area contributed by atoms with Gasteiger partial charge >= 0.3 is 0 Å². The van der Waals surface area contributed by atoms with Crippen LogP contribution in [0.4, 0.5) is 0 Å². The number of hydrogen-bond donors (Lipinski definition) is 1. The monoisotopic (exact) mass is 286 g/mol. The summed E-state index contributed by atoms with van der Waals surface area (Å²) in [5.41, 5.74) is 0.343. The minimum Gasteiger partial charge on any atom is -0.314 e. The second-order valence-electron chi connectivity index (χ2n) is 5.58. The van der Waals surface area contributed by atoms with Crippen LogP contribution in [0.5, 0.6) is 0 Å². The highest BCUT2D eigenvalue weighted by molar-refractivity contribution is 5.85. The predicted octanol–water partition coefficient (Wildman–Crippen LogP) is 0.740. The normalized spacial score (nSPS) is 23.2. The van der Waals surface area contributed by atoms with E-state index in [-0.39, 0.29) is 12.4 Å². The molecule has 1 saturated carbocycles. The van der Waals surface area contributed by atoms with Crippen LogP contribution in [0.1, 0.15) is 37.9 Å². The smallest absolute Gasteiger partial charge is 0.188 e. The molecule has 0 radical (unpaired) electrons. The third kappa shape index (κ3) is 3.07. The largest absolute Gasteiger partial charge is 0.314 e. The van der Waals surface area contributed by atoms with Gasteiger partial charge < -0.3 is 5.32 Å². The van der Waals surface area contributed by atoms with Crippen molar-refractivity contribution in [2.45, 2.75) is 44.2 Å². The van der Waals surface area contributed by atoms with Crippen LogP contribution in [-0.4, -0.2) is 50.3 Å². The van der Waals surface area contributed by atoms with Crippen molar-refractivity contribution in [2.75, 3.05) is 19.6 Å².